The van der Waals surface area contributed by atoms with E-state index in [1.807, 2.05) is 38.2 Å². The Morgan fingerprint density at radius 2 is 2.03 bits per heavy atom. The molecule has 8 heteroatoms. The van der Waals surface area contributed by atoms with Crippen LogP contribution in [-0.2, 0) is 13.0 Å². The number of nitrogens with one attached hydrogen (secondary N) is 3. The standard InChI is InChI=1S/C24H30N6O2/c1-4-17-12-20-21(29-23(17)31)11-16(14-27-20)13-26-18-7-9-30(10-8-18)22-6-5-19(24(32)25-3)28-15(22)2/h5-6,11-12,14,18,26H,4,7-10,13H2,1-3H3,(H,25,32)(H,29,31). The first kappa shape index (κ1) is 22.0. The fourth-order valence-electron chi connectivity index (χ4n) is 4.26. The zero-order valence-electron chi connectivity index (χ0n) is 18.9. The molecule has 0 spiro atoms. The predicted molar refractivity (Wildman–Crippen MR) is 126 cm³/mol. The Kier molecular flexibility index (Phi) is 6.50. The molecule has 1 aliphatic heterocycles. The molecule has 168 valence electrons. The number of fused-ring (bicyclic) bond motifs is 1. The third-order valence-electron chi connectivity index (χ3n) is 6.15. The summed E-state index contributed by atoms with van der Waals surface area (Å²) < 4.78 is 0. The number of carbonyl (C=O) groups is 1. The van der Waals surface area contributed by atoms with Crippen molar-refractivity contribution in [3.8, 4) is 0 Å². The molecule has 4 rings (SSSR count). The van der Waals surface area contributed by atoms with Crippen LogP contribution in [0, 0.1) is 6.92 Å². The van der Waals surface area contributed by atoms with Gasteiger partial charge in [0.15, 0.2) is 0 Å². The molecule has 8 nitrogen and oxygen atoms in total. The summed E-state index contributed by atoms with van der Waals surface area (Å²) in [6, 6.07) is 8.08. The second-order valence-corrected chi connectivity index (χ2v) is 8.28. The number of aromatic nitrogens is 3. The van der Waals surface area contributed by atoms with E-state index in [0.717, 1.165) is 59.5 Å². The molecule has 0 aliphatic carbocycles. The lowest BCUT2D eigenvalue weighted by Crippen LogP contribution is -2.42. The zero-order chi connectivity index (χ0) is 22.7. The molecule has 4 heterocycles. The molecule has 32 heavy (non-hydrogen) atoms. The lowest BCUT2D eigenvalue weighted by atomic mass is 10.0. The van der Waals surface area contributed by atoms with Gasteiger partial charge in [-0.25, -0.2) is 4.98 Å². The molecule has 0 unspecified atom stereocenters. The molecule has 3 aromatic rings. The van der Waals surface area contributed by atoms with E-state index in [2.05, 4.69) is 30.5 Å². The first-order valence-corrected chi connectivity index (χ1v) is 11.2. The van der Waals surface area contributed by atoms with Gasteiger partial charge in [-0.2, -0.15) is 0 Å². The van der Waals surface area contributed by atoms with Crippen LogP contribution >= 0.6 is 0 Å². The Morgan fingerprint density at radius 1 is 1.25 bits per heavy atom. The molecule has 0 bridgehead atoms. The summed E-state index contributed by atoms with van der Waals surface area (Å²) in [5, 5.41) is 6.24. The smallest absolute Gasteiger partial charge is 0.269 e. The van der Waals surface area contributed by atoms with Gasteiger partial charge in [-0.3, -0.25) is 14.6 Å². The number of piperidine rings is 1. The van der Waals surface area contributed by atoms with Gasteiger partial charge >= 0.3 is 0 Å². The Balaban J connectivity index is 1.34. The number of aryl methyl sites for hydroxylation is 2. The molecule has 3 aromatic heterocycles. The Hall–Kier alpha value is -3.26. The minimum Gasteiger partial charge on any atom is -0.370 e. The van der Waals surface area contributed by atoms with Gasteiger partial charge in [0.2, 0.25) is 0 Å². The second-order valence-electron chi connectivity index (χ2n) is 8.28. The average Bonchev–Trinajstić information content (AvgIpc) is 2.82. The Bertz CT molecular complexity index is 1180. The molecular weight excluding hydrogens is 404 g/mol. The molecule has 1 amide bonds. The van der Waals surface area contributed by atoms with Gasteiger partial charge in [0.1, 0.15) is 5.69 Å². The maximum absolute atomic E-state index is 12.1. The lowest BCUT2D eigenvalue weighted by Gasteiger charge is -2.34. The first-order valence-electron chi connectivity index (χ1n) is 11.2. The molecule has 0 radical (unpaired) electrons. The highest BCUT2D eigenvalue weighted by Gasteiger charge is 2.21. The zero-order valence-corrected chi connectivity index (χ0v) is 18.9. The number of nitrogens with zero attached hydrogens (tertiary/aromatic N) is 3. The van der Waals surface area contributed by atoms with Gasteiger partial charge in [-0.1, -0.05) is 6.92 Å². The lowest BCUT2D eigenvalue weighted by molar-refractivity contribution is 0.0958. The van der Waals surface area contributed by atoms with Crippen molar-refractivity contribution in [2.24, 2.45) is 0 Å². The number of pyridine rings is 3. The quantitative estimate of drug-likeness (QED) is 0.550. The molecule has 0 saturated carbocycles. The monoisotopic (exact) mass is 434 g/mol. The van der Waals surface area contributed by atoms with E-state index in [4.69, 9.17) is 0 Å². The fraction of sp³-hybridized carbons (Fsp3) is 0.417. The van der Waals surface area contributed by atoms with Gasteiger partial charge in [0.05, 0.1) is 22.4 Å². The highest BCUT2D eigenvalue weighted by molar-refractivity contribution is 5.92. The molecule has 0 atom stereocenters. The van der Waals surface area contributed by atoms with Crippen LogP contribution in [0.25, 0.3) is 11.0 Å². The minimum absolute atomic E-state index is 0.0348. The molecule has 1 saturated heterocycles. The van der Waals surface area contributed by atoms with Gasteiger partial charge in [-0.05, 0) is 56.0 Å². The number of anilines is 1. The van der Waals surface area contributed by atoms with Crippen molar-refractivity contribution in [3.63, 3.8) is 0 Å². The van der Waals surface area contributed by atoms with Gasteiger partial charge < -0.3 is 20.5 Å². The Labute approximate surface area is 187 Å². The van der Waals surface area contributed by atoms with Crippen molar-refractivity contribution in [3.05, 3.63) is 63.3 Å². The summed E-state index contributed by atoms with van der Waals surface area (Å²) in [5.41, 5.74) is 5.80. The van der Waals surface area contributed by atoms with Crippen LogP contribution < -0.4 is 21.1 Å². The van der Waals surface area contributed by atoms with Crippen LogP contribution in [0.15, 0.2) is 35.3 Å². The summed E-state index contributed by atoms with van der Waals surface area (Å²) in [4.78, 5) is 38.1. The minimum atomic E-state index is -0.166. The topological polar surface area (TPSA) is 103 Å². The number of carbonyl (C=O) groups excluding carboxylic acids is 1. The van der Waals surface area contributed by atoms with Gasteiger partial charge in [0.25, 0.3) is 11.5 Å². The summed E-state index contributed by atoms with van der Waals surface area (Å²) in [7, 11) is 1.61. The van der Waals surface area contributed by atoms with Crippen molar-refractivity contribution >= 4 is 22.6 Å². The maximum Gasteiger partial charge on any atom is 0.269 e. The fourth-order valence-corrected chi connectivity index (χ4v) is 4.26. The number of amides is 1. The van der Waals surface area contributed by atoms with Crippen molar-refractivity contribution < 1.29 is 4.79 Å². The summed E-state index contributed by atoms with van der Waals surface area (Å²) >= 11 is 0. The second kappa shape index (κ2) is 9.48. The number of rotatable bonds is 6. The van der Waals surface area contributed by atoms with Crippen LogP contribution in [0.4, 0.5) is 5.69 Å². The summed E-state index contributed by atoms with van der Waals surface area (Å²) in [6.07, 6.45) is 4.62. The number of hydrogen-bond acceptors (Lipinski definition) is 6. The van der Waals surface area contributed by atoms with Gasteiger partial charge in [0, 0.05) is 44.5 Å². The average molecular weight is 435 g/mol. The number of hydrogen-bond donors (Lipinski definition) is 3. The van der Waals surface area contributed by atoms with Crippen molar-refractivity contribution in [2.75, 3.05) is 25.0 Å². The van der Waals surface area contributed by atoms with Crippen LogP contribution in [0.3, 0.4) is 0 Å². The molecule has 1 fully saturated rings. The summed E-state index contributed by atoms with van der Waals surface area (Å²) in [5.74, 6) is -0.166. The van der Waals surface area contributed by atoms with Crippen molar-refractivity contribution in [1.82, 2.24) is 25.6 Å². The molecule has 1 aliphatic rings. The summed E-state index contributed by atoms with van der Waals surface area (Å²) in [6.45, 7) is 6.50. The van der Waals surface area contributed by atoms with E-state index >= 15 is 0 Å². The highest BCUT2D eigenvalue weighted by atomic mass is 16.1. The van der Waals surface area contributed by atoms with Crippen molar-refractivity contribution in [2.45, 2.75) is 45.7 Å². The van der Waals surface area contributed by atoms with E-state index in [-0.39, 0.29) is 11.5 Å². The largest absolute Gasteiger partial charge is 0.370 e. The highest BCUT2D eigenvalue weighted by Crippen LogP contribution is 2.23. The van der Waals surface area contributed by atoms with Crippen molar-refractivity contribution in [1.29, 1.82) is 0 Å². The van der Waals surface area contributed by atoms with E-state index in [1.165, 1.54) is 0 Å². The molecular formula is C24H30N6O2. The van der Waals surface area contributed by atoms with E-state index in [0.29, 0.717) is 24.7 Å². The van der Waals surface area contributed by atoms with Crippen LogP contribution in [0.1, 0.15) is 47.1 Å². The number of H-pyrrole nitrogens is 1. The third kappa shape index (κ3) is 4.65. The van der Waals surface area contributed by atoms with Crippen LogP contribution in [0.5, 0.6) is 0 Å². The third-order valence-corrected chi connectivity index (χ3v) is 6.15. The van der Waals surface area contributed by atoms with E-state index < -0.39 is 0 Å². The SMILES string of the molecule is CCc1cc2ncc(CNC3CCN(c4ccc(C(=O)NC)nc4C)CC3)cc2[nH]c1=O. The van der Waals surface area contributed by atoms with E-state index in [9.17, 15) is 9.59 Å². The van der Waals surface area contributed by atoms with Crippen LogP contribution in [0.2, 0.25) is 0 Å². The maximum atomic E-state index is 12.1. The first-order chi connectivity index (χ1) is 15.5. The Morgan fingerprint density at radius 3 is 2.72 bits per heavy atom. The predicted octanol–water partition coefficient (Wildman–Crippen LogP) is 2.31. The van der Waals surface area contributed by atoms with E-state index in [1.54, 1.807) is 13.1 Å². The normalized spacial score (nSPS) is 14.7. The molecule has 3 N–H and O–H groups in total. The number of aromatic amines is 1. The van der Waals surface area contributed by atoms with Gasteiger partial charge in [-0.15, -0.1) is 0 Å². The molecule has 0 aromatic carbocycles. The van der Waals surface area contributed by atoms with Crippen LogP contribution in [-0.4, -0.2) is 47.0 Å².